The normalized spacial score (nSPS) is 13.7. The summed E-state index contributed by atoms with van der Waals surface area (Å²) in [6.45, 7) is 2.97. The van der Waals surface area contributed by atoms with Crippen LogP contribution in [0.5, 0.6) is 0 Å². The molecule has 0 fully saturated rings. The maximum atomic E-state index is 11.7. The molecule has 1 aromatic rings. The molecule has 0 heterocycles. The maximum absolute atomic E-state index is 11.7. The molecule has 0 aliphatic carbocycles. The fourth-order valence-corrected chi connectivity index (χ4v) is 1.76. The highest BCUT2D eigenvalue weighted by molar-refractivity contribution is 6.30. The van der Waals surface area contributed by atoms with Gasteiger partial charge in [-0.3, -0.25) is 10.1 Å². The second kappa shape index (κ2) is 5.82. The van der Waals surface area contributed by atoms with Gasteiger partial charge in [0.2, 0.25) is 0 Å². The summed E-state index contributed by atoms with van der Waals surface area (Å²) >= 11 is 5.81. The van der Waals surface area contributed by atoms with Crippen LogP contribution in [0.2, 0.25) is 5.02 Å². The highest BCUT2D eigenvalue weighted by atomic mass is 35.5. The number of rotatable bonds is 5. The van der Waals surface area contributed by atoms with E-state index in [1.807, 2.05) is 0 Å². The fourth-order valence-electron chi connectivity index (χ4n) is 1.54. The Bertz CT molecular complexity index is 463. The highest BCUT2D eigenvalue weighted by Gasteiger charge is 2.47. The summed E-state index contributed by atoms with van der Waals surface area (Å²) in [5.74, 6) is -0.838. The number of nitrogens with zero attached hydrogens (tertiary/aromatic N) is 1. The summed E-state index contributed by atoms with van der Waals surface area (Å²) in [6.07, 6.45) is -0.0562. The number of carbonyl (C=O) groups excluding carboxylic acids is 1. The molecular formula is C12H14ClNO4. The lowest BCUT2D eigenvalue weighted by atomic mass is 9.93. The van der Waals surface area contributed by atoms with Gasteiger partial charge in [-0.05, 0) is 24.6 Å². The minimum absolute atomic E-state index is 0.0562. The van der Waals surface area contributed by atoms with Gasteiger partial charge >= 0.3 is 11.5 Å². The number of halogens is 1. The van der Waals surface area contributed by atoms with Crippen molar-refractivity contribution in [3.8, 4) is 0 Å². The molecule has 1 atom stereocenters. The Morgan fingerprint density at radius 3 is 2.72 bits per heavy atom. The molecule has 0 spiro atoms. The zero-order valence-corrected chi connectivity index (χ0v) is 10.9. The second-order valence-corrected chi connectivity index (χ2v) is 4.49. The molecule has 0 radical (unpaired) electrons. The lowest BCUT2D eigenvalue weighted by Crippen LogP contribution is -2.46. The predicted octanol–water partition coefficient (Wildman–Crippen LogP) is 2.48. The van der Waals surface area contributed by atoms with Crippen LogP contribution in [0.3, 0.4) is 0 Å². The number of hydrogen-bond donors (Lipinski definition) is 0. The molecule has 0 aliphatic rings. The SMILES string of the molecule is CCOC(=O)C(C)(Cc1cccc(Cl)c1)[N+](=O)[O-]. The van der Waals surface area contributed by atoms with E-state index >= 15 is 0 Å². The van der Waals surface area contributed by atoms with Crippen molar-refractivity contribution in [1.82, 2.24) is 0 Å². The average molecular weight is 272 g/mol. The molecule has 1 unspecified atom stereocenters. The molecule has 0 saturated heterocycles. The molecule has 5 nitrogen and oxygen atoms in total. The van der Waals surface area contributed by atoms with Crippen molar-refractivity contribution in [2.24, 2.45) is 0 Å². The summed E-state index contributed by atoms with van der Waals surface area (Å²) in [5, 5.41) is 11.6. The first-order valence-electron chi connectivity index (χ1n) is 5.46. The Kier molecular flexibility index (Phi) is 4.67. The summed E-state index contributed by atoms with van der Waals surface area (Å²) in [7, 11) is 0. The topological polar surface area (TPSA) is 69.4 Å². The van der Waals surface area contributed by atoms with Crippen molar-refractivity contribution < 1.29 is 14.5 Å². The lowest BCUT2D eigenvalue weighted by Gasteiger charge is -2.18. The van der Waals surface area contributed by atoms with Crippen LogP contribution in [0.4, 0.5) is 0 Å². The van der Waals surface area contributed by atoms with Crippen LogP contribution < -0.4 is 0 Å². The molecule has 0 saturated carbocycles. The van der Waals surface area contributed by atoms with Crippen LogP contribution in [-0.4, -0.2) is 23.0 Å². The van der Waals surface area contributed by atoms with Gasteiger partial charge in [-0.15, -0.1) is 0 Å². The first-order valence-corrected chi connectivity index (χ1v) is 5.84. The molecule has 1 rings (SSSR count). The Morgan fingerprint density at radius 1 is 1.56 bits per heavy atom. The lowest BCUT2D eigenvalue weighted by molar-refractivity contribution is -0.550. The van der Waals surface area contributed by atoms with E-state index in [1.165, 1.54) is 6.92 Å². The second-order valence-electron chi connectivity index (χ2n) is 4.06. The Balaban J connectivity index is 3.00. The van der Waals surface area contributed by atoms with Crippen molar-refractivity contribution in [3.05, 3.63) is 45.0 Å². The third-order valence-corrected chi connectivity index (χ3v) is 2.79. The van der Waals surface area contributed by atoms with Crippen molar-refractivity contribution >= 4 is 17.6 Å². The smallest absolute Gasteiger partial charge is 0.384 e. The van der Waals surface area contributed by atoms with Crippen molar-refractivity contribution in [2.75, 3.05) is 6.61 Å². The summed E-state index contributed by atoms with van der Waals surface area (Å²) in [6, 6.07) is 6.64. The van der Waals surface area contributed by atoms with Gasteiger partial charge in [0, 0.05) is 16.9 Å². The summed E-state index contributed by atoms with van der Waals surface area (Å²) in [5.41, 5.74) is -1.17. The largest absolute Gasteiger partial charge is 0.461 e. The van der Waals surface area contributed by atoms with Gasteiger partial charge in [-0.25, -0.2) is 4.79 Å². The Hall–Kier alpha value is -1.62. The number of hydrogen-bond acceptors (Lipinski definition) is 4. The molecule has 0 aromatic heterocycles. The molecule has 18 heavy (non-hydrogen) atoms. The van der Waals surface area contributed by atoms with Crippen LogP contribution in [-0.2, 0) is 16.0 Å². The average Bonchev–Trinajstić information content (AvgIpc) is 2.28. The van der Waals surface area contributed by atoms with Crippen LogP contribution in [0.1, 0.15) is 19.4 Å². The van der Waals surface area contributed by atoms with Gasteiger partial charge in [0.05, 0.1) is 13.0 Å². The standard InChI is InChI=1S/C12H14ClNO4/c1-3-18-11(15)12(2,14(16)17)8-9-5-4-6-10(13)7-9/h4-7H,3,8H2,1-2H3. The van der Waals surface area contributed by atoms with Gasteiger partial charge in [-0.1, -0.05) is 23.7 Å². The van der Waals surface area contributed by atoms with Gasteiger partial charge in [0.25, 0.3) is 0 Å². The van der Waals surface area contributed by atoms with Gasteiger partial charge < -0.3 is 4.74 Å². The minimum Gasteiger partial charge on any atom is -0.461 e. The molecule has 1 aromatic carbocycles. The van der Waals surface area contributed by atoms with E-state index in [-0.39, 0.29) is 13.0 Å². The molecule has 0 aliphatic heterocycles. The zero-order chi connectivity index (χ0) is 13.8. The van der Waals surface area contributed by atoms with Gasteiger partial charge in [0.1, 0.15) is 0 Å². The van der Waals surface area contributed by atoms with Gasteiger partial charge in [-0.2, -0.15) is 0 Å². The summed E-state index contributed by atoms with van der Waals surface area (Å²) < 4.78 is 4.76. The van der Waals surface area contributed by atoms with Gasteiger partial charge in [0.15, 0.2) is 0 Å². The van der Waals surface area contributed by atoms with Crippen LogP contribution in [0.25, 0.3) is 0 Å². The summed E-state index contributed by atoms with van der Waals surface area (Å²) in [4.78, 5) is 22.2. The number of benzene rings is 1. The maximum Gasteiger partial charge on any atom is 0.384 e. The predicted molar refractivity (Wildman–Crippen MR) is 67.2 cm³/mol. The monoisotopic (exact) mass is 271 g/mol. The Labute approximate surface area is 110 Å². The first-order chi connectivity index (χ1) is 8.40. The van der Waals surface area contributed by atoms with Crippen LogP contribution in [0, 0.1) is 10.1 Å². The first kappa shape index (κ1) is 14.4. The van der Waals surface area contributed by atoms with Crippen molar-refractivity contribution in [2.45, 2.75) is 25.8 Å². The van der Waals surface area contributed by atoms with E-state index in [4.69, 9.17) is 16.3 Å². The molecular weight excluding hydrogens is 258 g/mol. The highest BCUT2D eigenvalue weighted by Crippen LogP contribution is 2.21. The van der Waals surface area contributed by atoms with Crippen molar-refractivity contribution in [1.29, 1.82) is 0 Å². The quantitative estimate of drug-likeness (QED) is 0.469. The Morgan fingerprint density at radius 2 is 2.22 bits per heavy atom. The number of esters is 1. The number of nitro groups is 1. The minimum atomic E-state index is -1.79. The van der Waals surface area contributed by atoms with E-state index in [0.717, 1.165) is 0 Å². The fraction of sp³-hybridized carbons (Fsp3) is 0.417. The van der Waals surface area contributed by atoms with E-state index < -0.39 is 16.4 Å². The number of carbonyl (C=O) groups is 1. The van der Waals surface area contributed by atoms with E-state index in [9.17, 15) is 14.9 Å². The zero-order valence-electron chi connectivity index (χ0n) is 10.2. The third-order valence-electron chi connectivity index (χ3n) is 2.56. The molecule has 0 amide bonds. The van der Waals surface area contributed by atoms with E-state index in [0.29, 0.717) is 10.6 Å². The van der Waals surface area contributed by atoms with E-state index in [1.54, 1.807) is 31.2 Å². The van der Waals surface area contributed by atoms with Crippen LogP contribution in [0.15, 0.2) is 24.3 Å². The number of ether oxygens (including phenoxy) is 1. The molecule has 98 valence electrons. The van der Waals surface area contributed by atoms with Crippen LogP contribution >= 0.6 is 11.6 Å². The molecule has 6 heteroatoms. The molecule has 0 N–H and O–H groups in total. The van der Waals surface area contributed by atoms with Crippen molar-refractivity contribution in [3.63, 3.8) is 0 Å². The third kappa shape index (κ3) is 3.20. The van der Waals surface area contributed by atoms with E-state index in [2.05, 4.69) is 0 Å². The molecule has 0 bridgehead atoms.